The molecule has 0 saturated carbocycles. The van der Waals surface area contributed by atoms with Crippen LogP contribution in [-0.2, 0) is 9.59 Å². The van der Waals surface area contributed by atoms with E-state index in [0.29, 0.717) is 17.2 Å². The third-order valence-corrected chi connectivity index (χ3v) is 4.42. The lowest BCUT2D eigenvalue weighted by Crippen LogP contribution is -2.21. The molecule has 2 aromatic rings. The van der Waals surface area contributed by atoms with Gasteiger partial charge in [-0.1, -0.05) is 18.2 Å². The molecule has 0 bridgehead atoms. The first kappa shape index (κ1) is 15.4. The Bertz CT molecular complexity index is 761. The summed E-state index contributed by atoms with van der Waals surface area (Å²) in [6.45, 7) is 1.86. The standard InChI is InChI=1S/C17H16N2O3S/c1-11-4-2-3-5-14(11)22-9-16(20)18-12-6-7-15-13(8-12)19-17(21)10-23-15/h2-8H,9-10H2,1H3,(H,18,20)(H,19,21). The molecule has 2 N–H and O–H groups in total. The summed E-state index contributed by atoms with van der Waals surface area (Å²) in [5.74, 6) is 0.830. The zero-order valence-corrected chi connectivity index (χ0v) is 13.4. The van der Waals surface area contributed by atoms with Crippen molar-refractivity contribution in [1.82, 2.24) is 0 Å². The molecule has 1 aliphatic rings. The molecule has 3 rings (SSSR count). The van der Waals surface area contributed by atoms with Gasteiger partial charge in [-0.25, -0.2) is 0 Å². The number of thioether (sulfide) groups is 1. The Morgan fingerprint density at radius 1 is 1.30 bits per heavy atom. The smallest absolute Gasteiger partial charge is 0.262 e. The number of aryl methyl sites for hydroxylation is 1. The maximum atomic E-state index is 12.0. The van der Waals surface area contributed by atoms with Gasteiger partial charge in [-0.05, 0) is 36.8 Å². The van der Waals surface area contributed by atoms with Gasteiger partial charge in [0.1, 0.15) is 5.75 Å². The Hall–Kier alpha value is -2.47. The molecule has 0 fully saturated rings. The van der Waals surface area contributed by atoms with Crippen LogP contribution in [0.4, 0.5) is 11.4 Å². The van der Waals surface area contributed by atoms with Crippen molar-refractivity contribution < 1.29 is 14.3 Å². The number of hydrogen-bond donors (Lipinski definition) is 2. The van der Waals surface area contributed by atoms with Crippen molar-refractivity contribution in [3.63, 3.8) is 0 Å². The SMILES string of the molecule is Cc1ccccc1OCC(=O)Nc1ccc2c(c1)NC(=O)CS2. The Kier molecular flexibility index (Phi) is 4.52. The lowest BCUT2D eigenvalue weighted by molar-refractivity contribution is -0.118. The number of anilines is 2. The molecule has 0 saturated heterocycles. The van der Waals surface area contributed by atoms with Gasteiger partial charge in [0.25, 0.3) is 5.91 Å². The van der Waals surface area contributed by atoms with Gasteiger partial charge in [-0.15, -0.1) is 11.8 Å². The first-order valence-corrected chi connectivity index (χ1v) is 8.15. The summed E-state index contributed by atoms with van der Waals surface area (Å²) in [6, 6.07) is 13.0. The highest BCUT2D eigenvalue weighted by molar-refractivity contribution is 8.00. The zero-order valence-electron chi connectivity index (χ0n) is 12.6. The number of amides is 2. The summed E-state index contributed by atoms with van der Waals surface area (Å²) in [4.78, 5) is 24.4. The van der Waals surface area contributed by atoms with E-state index in [2.05, 4.69) is 10.6 Å². The van der Waals surface area contributed by atoms with E-state index in [4.69, 9.17) is 4.74 Å². The van der Waals surface area contributed by atoms with Crippen LogP contribution < -0.4 is 15.4 Å². The normalized spacial score (nSPS) is 13.0. The lowest BCUT2D eigenvalue weighted by atomic mass is 10.2. The van der Waals surface area contributed by atoms with E-state index in [1.807, 2.05) is 43.3 Å². The number of nitrogens with one attached hydrogen (secondary N) is 2. The number of carbonyl (C=O) groups is 2. The van der Waals surface area contributed by atoms with E-state index >= 15 is 0 Å². The Balaban J connectivity index is 1.61. The minimum absolute atomic E-state index is 0.0335. The van der Waals surface area contributed by atoms with Gasteiger partial charge in [-0.2, -0.15) is 0 Å². The van der Waals surface area contributed by atoms with Gasteiger partial charge in [0, 0.05) is 10.6 Å². The van der Waals surface area contributed by atoms with Crippen molar-refractivity contribution in [3.05, 3.63) is 48.0 Å². The molecule has 0 radical (unpaired) electrons. The van der Waals surface area contributed by atoms with Gasteiger partial charge in [-0.3, -0.25) is 9.59 Å². The Morgan fingerprint density at radius 2 is 2.13 bits per heavy atom. The fraction of sp³-hybridized carbons (Fsp3) is 0.176. The van der Waals surface area contributed by atoms with Crippen molar-refractivity contribution in [2.24, 2.45) is 0 Å². The molecular weight excluding hydrogens is 312 g/mol. The first-order chi connectivity index (χ1) is 11.1. The number of para-hydroxylation sites is 1. The molecule has 0 atom stereocenters. The van der Waals surface area contributed by atoms with Crippen molar-refractivity contribution in [3.8, 4) is 5.75 Å². The topological polar surface area (TPSA) is 67.4 Å². The Labute approximate surface area is 138 Å². The molecule has 5 nitrogen and oxygen atoms in total. The molecule has 23 heavy (non-hydrogen) atoms. The number of benzene rings is 2. The van der Waals surface area contributed by atoms with Gasteiger partial charge in [0.05, 0.1) is 11.4 Å². The van der Waals surface area contributed by atoms with Crippen LogP contribution in [0, 0.1) is 6.92 Å². The van der Waals surface area contributed by atoms with Crippen LogP contribution >= 0.6 is 11.8 Å². The first-order valence-electron chi connectivity index (χ1n) is 7.17. The van der Waals surface area contributed by atoms with Gasteiger partial charge in [0.2, 0.25) is 5.91 Å². The summed E-state index contributed by atoms with van der Waals surface area (Å²) in [7, 11) is 0. The highest BCUT2D eigenvalue weighted by Gasteiger charge is 2.16. The predicted octanol–water partition coefficient (Wildman–Crippen LogP) is 3.06. The molecular formula is C17H16N2O3S. The fourth-order valence-corrected chi connectivity index (χ4v) is 3.01. The van der Waals surface area contributed by atoms with Crippen LogP contribution in [0.5, 0.6) is 5.75 Å². The van der Waals surface area contributed by atoms with Crippen LogP contribution in [0.25, 0.3) is 0 Å². The molecule has 1 heterocycles. The largest absolute Gasteiger partial charge is 0.483 e. The number of rotatable bonds is 4. The fourth-order valence-electron chi connectivity index (χ4n) is 2.22. The van der Waals surface area contributed by atoms with E-state index in [1.165, 1.54) is 11.8 Å². The molecule has 1 aliphatic heterocycles. The third kappa shape index (κ3) is 3.84. The molecule has 2 aromatic carbocycles. The van der Waals surface area contributed by atoms with Gasteiger partial charge < -0.3 is 15.4 Å². The Morgan fingerprint density at radius 3 is 2.96 bits per heavy atom. The van der Waals surface area contributed by atoms with Crippen LogP contribution in [0.15, 0.2) is 47.4 Å². The van der Waals surface area contributed by atoms with Crippen molar-refractivity contribution in [2.75, 3.05) is 23.0 Å². The van der Waals surface area contributed by atoms with Crippen LogP contribution in [0.1, 0.15) is 5.56 Å². The third-order valence-electron chi connectivity index (χ3n) is 3.35. The van der Waals surface area contributed by atoms with Crippen molar-refractivity contribution in [2.45, 2.75) is 11.8 Å². The van der Waals surface area contributed by atoms with Crippen LogP contribution in [0.3, 0.4) is 0 Å². The summed E-state index contributed by atoms with van der Waals surface area (Å²) < 4.78 is 5.51. The monoisotopic (exact) mass is 328 g/mol. The number of carbonyl (C=O) groups excluding carboxylic acids is 2. The second-order valence-corrected chi connectivity index (χ2v) is 6.17. The van der Waals surface area contributed by atoms with Crippen molar-refractivity contribution >= 4 is 35.0 Å². The van der Waals surface area contributed by atoms with E-state index in [1.54, 1.807) is 6.07 Å². The quantitative estimate of drug-likeness (QED) is 0.905. The van der Waals surface area contributed by atoms with Gasteiger partial charge >= 0.3 is 0 Å². The average molecular weight is 328 g/mol. The maximum absolute atomic E-state index is 12.0. The summed E-state index contributed by atoms with van der Waals surface area (Å²) in [6.07, 6.45) is 0. The van der Waals surface area contributed by atoms with Crippen molar-refractivity contribution in [1.29, 1.82) is 0 Å². The van der Waals surface area contributed by atoms with Gasteiger partial charge in [0.15, 0.2) is 6.61 Å². The molecule has 118 valence electrons. The molecule has 0 spiro atoms. The molecule has 0 aliphatic carbocycles. The van der Waals surface area contributed by atoms with Crippen LogP contribution in [0.2, 0.25) is 0 Å². The average Bonchev–Trinajstić information content (AvgIpc) is 2.54. The molecule has 0 aromatic heterocycles. The molecule has 6 heteroatoms. The van der Waals surface area contributed by atoms with E-state index in [0.717, 1.165) is 16.1 Å². The number of fused-ring (bicyclic) bond motifs is 1. The predicted molar refractivity (Wildman–Crippen MR) is 91.1 cm³/mol. The second kappa shape index (κ2) is 6.75. The van der Waals surface area contributed by atoms with E-state index in [9.17, 15) is 9.59 Å². The van der Waals surface area contributed by atoms with E-state index in [-0.39, 0.29) is 18.4 Å². The summed E-state index contributed by atoms with van der Waals surface area (Å²) in [5, 5.41) is 5.57. The second-order valence-electron chi connectivity index (χ2n) is 5.15. The lowest BCUT2D eigenvalue weighted by Gasteiger charge is -2.17. The number of ether oxygens (including phenoxy) is 1. The maximum Gasteiger partial charge on any atom is 0.262 e. The highest BCUT2D eigenvalue weighted by atomic mass is 32.2. The molecule has 2 amide bonds. The summed E-state index contributed by atoms with van der Waals surface area (Å²) >= 11 is 1.48. The van der Waals surface area contributed by atoms with Crippen LogP contribution in [-0.4, -0.2) is 24.2 Å². The minimum Gasteiger partial charge on any atom is -0.483 e. The number of hydrogen-bond acceptors (Lipinski definition) is 4. The summed E-state index contributed by atoms with van der Waals surface area (Å²) in [5.41, 5.74) is 2.34. The van der Waals surface area contributed by atoms with E-state index < -0.39 is 0 Å². The molecule has 0 unspecified atom stereocenters. The zero-order chi connectivity index (χ0) is 16.2. The minimum atomic E-state index is -0.247. The highest BCUT2D eigenvalue weighted by Crippen LogP contribution is 2.33.